The molecule has 0 radical (unpaired) electrons. The van der Waals surface area contributed by atoms with Gasteiger partial charge in [0, 0.05) is 45.0 Å². The summed E-state index contributed by atoms with van der Waals surface area (Å²) in [6.07, 6.45) is 4.34. The lowest BCUT2D eigenvalue weighted by atomic mass is 10.1. The Labute approximate surface area is 148 Å². The molecule has 2 aromatic heterocycles. The molecule has 0 unspecified atom stereocenters. The van der Waals surface area contributed by atoms with Gasteiger partial charge in [-0.1, -0.05) is 6.07 Å². The highest BCUT2D eigenvalue weighted by molar-refractivity contribution is 5.41. The Kier molecular flexibility index (Phi) is 4.90. The Hall–Kier alpha value is -2.05. The number of morpholine rings is 1. The van der Waals surface area contributed by atoms with Gasteiger partial charge in [-0.2, -0.15) is 0 Å². The third-order valence-electron chi connectivity index (χ3n) is 4.87. The maximum Gasteiger partial charge on any atom is 0.132 e. The van der Waals surface area contributed by atoms with Crippen LogP contribution in [-0.4, -0.2) is 52.6 Å². The van der Waals surface area contributed by atoms with E-state index in [0.29, 0.717) is 0 Å². The van der Waals surface area contributed by atoms with Crippen LogP contribution < -0.4 is 4.90 Å². The zero-order valence-electron chi connectivity index (χ0n) is 14.8. The first-order valence-electron chi connectivity index (χ1n) is 9.12. The molecule has 0 aromatic carbocycles. The summed E-state index contributed by atoms with van der Waals surface area (Å²) in [6, 6.07) is 8.18. The van der Waals surface area contributed by atoms with Gasteiger partial charge < -0.3 is 9.64 Å². The number of aromatic nitrogens is 3. The van der Waals surface area contributed by atoms with Gasteiger partial charge in [-0.3, -0.25) is 9.88 Å². The molecule has 4 rings (SSSR count). The SMILES string of the molecule is Cc1nc([C@H]2CN(Cc3ccccn3)CCO2)cc(N2CCCC2)n1. The summed E-state index contributed by atoms with van der Waals surface area (Å²) in [6.45, 7) is 7.49. The molecule has 0 bridgehead atoms. The molecule has 0 amide bonds. The summed E-state index contributed by atoms with van der Waals surface area (Å²) in [5, 5.41) is 0. The minimum atomic E-state index is 0.000477. The van der Waals surface area contributed by atoms with Gasteiger partial charge in [-0.25, -0.2) is 9.97 Å². The second-order valence-corrected chi connectivity index (χ2v) is 6.81. The molecular formula is C19H25N5O. The van der Waals surface area contributed by atoms with Gasteiger partial charge in [0.05, 0.1) is 18.0 Å². The molecular weight excluding hydrogens is 314 g/mol. The van der Waals surface area contributed by atoms with Crippen LogP contribution in [0.1, 0.15) is 36.2 Å². The first kappa shape index (κ1) is 16.4. The van der Waals surface area contributed by atoms with Gasteiger partial charge in [0.15, 0.2) is 0 Å². The Morgan fingerprint density at radius 1 is 1.16 bits per heavy atom. The number of rotatable bonds is 4. The minimum Gasteiger partial charge on any atom is -0.369 e. The van der Waals surface area contributed by atoms with Gasteiger partial charge in [-0.05, 0) is 31.9 Å². The van der Waals surface area contributed by atoms with Gasteiger partial charge in [0.25, 0.3) is 0 Å². The lowest BCUT2D eigenvalue weighted by Gasteiger charge is -2.32. The standard InChI is InChI=1S/C19H25N5O/c1-15-21-17(12-19(22-15)24-8-4-5-9-24)18-14-23(10-11-25-18)13-16-6-2-3-7-20-16/h2-3,6-7,12,18H,4-5,8-11,13-14H2,1H3/t18-/m1/s1. The molecule has 2 aliphatic heterocycles. The Balaban J connectivity index is 1.49. The molecule has 2 saturated heterocycles. The van der Waals surface area contributed by atoms with Crippen LogP contribution in [0.25, 0.3) is 0 Å². The van der Waals surface area contributed by atoms with E-state index in [-0.39, 0.29) is 6.10 Å². The van der Waals surface area contributed by atoms with Gasteiger partial charge in [0.1, 0.15) is 17.7 Å². The van der Waals surface area contributed by atoms with Crippen LogP contribution in [0.15, 0.2) is 30.5 Å². The topological polar surface area (TPSA) is 54.4 Å². The molecule has 0 spiro atoms. The molecule has 0 aliphatic carbocycles. The van der Waals surface area contributed by atoms with Crippen molar-refractivity contribution in [3.05, 3.63) is 47.7 Å². The van der Waals surface area contributed by atoms with Crippen LogP contribution in [0.4, 0.5) is 5.82 Å². The molecule has 2 aliphatic rings. The fourth-order valence-electron chi connectivity index (χ4n) is 3.59. The number of hydrogen-bond donors (Lipinski definition) is 0. The Morgan fingerprint density at radius 3 is 2.84 bits per heavy atom. The fraction of sp³-hybridized carbons (Fsp3) is 0.526. The van der Waals surface area contributed by atoms with Crippen molar-refractivity contribution in [1.82, 2.24) is 19.9 Å². The zero-order chi connectivity index (χ0) is 17.1. The molecule has 2 fully saturated rings. The lowest BCUT2D eigenvalue weighted by Crippen LogP contribution is -2.38. The number of anilines is 1. The summed E-state index contributed by atoms with van der Waals surface area (Å²) in [7, 11) is 0. The maximum atomic E-state index is 6.03. The van der Waals surface area contributed by atoms with Crippen LogP contribution in [0.5, 0.6) is 0 Å². The number of nitrogens with zero attached hydrogens (tertiary/aromatic N) is 5. The quantitative estimate of drug-likeness (QED) is 0.852. The van der Waals surface area contributed by atoms with Crippen LogP contribution in [0, 0.1) is 6.92 Å². The van der Waals surface area contributed by atoms with Crippen molar-refractivity contribution < 1.29 is 4.74 Å². The van der Waals surface area contributed by atoms with Gasteiger partial charge >= 0.3 is 0 Å². The number of ether oxygens (including phenoxy) is 1. The van der Waals surface area contributed by atoms with Crippen molar-refractivity contribution in [2.45, 2.75) is 32.4 Å². The predicted molar refractivity (Wildman–Crippen MR) is 96.4 cm³/mol. The normalized spacial score (nSPS) is 21.6. The van der Waals surface area contributed by atoms with E-state index in [0.717, 1.165) is 62.4 Å². The Bertz CT molecular complexity index is 702. The number of aryl methyl sites for hydroxylation is 1. The first-order chi connectivity index (χ1) is 12.3. The molecule has 132 valence electrons. The monoisotopic (exact) mass is 339 g/mol. The molecule has 0 saturated carbocycles. The highest BCUT2D eigenvalue weighted by atomic mass is 16.5. The van der Waals surface area contributed by atoms with Crippen molar-refractivity contribution in [2.75, 3.05) is 37.7 Å². The number of pyridine rings is 1. The number of hydrogen-bond acceptors (Lipinski definition) is 6. The summed E-state index contributed by atoms with van der Waals surface area (Å²) in [4.78, 5) is 18.5. The van der Waals surface area contributed by atoms with Crippen LogP contribution in [0.2, 0.25) is 0 Å². The Morgan fingerprint density at radius 2 is 2.04 bits per heavy atom. The van der Waals surface area contributed by atoms with Crippen molar-refractivity contribution >= 4 is 5.82 Å². The molecule has 25 heavy (non-hydrogen) atoms. The first-order valence-corrected chi connectivity index (χ1v) is 9.12. The van der Waals surface area contributed by atoms with Crippen LogP contribution in [0.3, 0.4) is 0 Å². The van der Waals surface area contributed by atoms with E-state index in [1.165, 1.54) is 12.8 Å². The average molecular weight is 339 g/mol. The van der Waals surface area contributed by atoms with E-state index < -0.39 is 0 Å². The van der Waals surface area contributed by atoms with Crippen molar-refractivity contribution in [3.63, 3.8) is 0 Å². The predicted octanol–water partition coefficient (Wildman–Crippen LogP) is 2.35. The highest BCUT2D eigenvalue weighted by Crippen LogP contribution is 2.26. The molecule has 6 heteroatoms. The third kappa shape index (κ3) is 3.96. The second kappa shape index (κ2) is 7.45. The molecule has 6 nitrogen and oxygen atoms in total. The van der Waals surface area contributed by atoms with E-state index in [1.54, 1.807) is 0 Å². The van der Waals surface area contributed by atoms with E-state index in [1.807, 2.05) is 25.3 Å². The van der Waals surface area contributed by atoms with E-state index in [9.17, 15) is 0 Å². The van der Waals surface area contributed by atoms with Crippen molar-refractivity contribution in [2.24, 2.45) is 0 Å². The molecule has 2 aromatic rings. The summed E-state index contributed by atoms with van der Waals surface area (Å²) in [5.41, 5.74) is 2.10. The minimum absolute atomic E-state index is 0.000477. The van der Waals surface area contributed by atoms with E-state index >= 15 is 0 Å². The summed E-state index contributed by atoms with van der Waals surface area (Å²) < 4.78 is 6.03. The fourth-order valence-corrected chi connectivity index (χ4v) is 3.59. The molecule has 4 heterocycles. The highest BCUT2D eigenvalue weighted by Gasteiger charge is 2.25. The molecule has 1 atom stereocenters. The third-order valence-corrected chi connectivity index (χ3v) is 4.87. The smallest absolute Gasteiger partial charge is 0.132 e. The average Bonchev–Trinajstić information content (AvgIpc) is 3.17. The van der Waals surface area contributed by atoms with Gasteiger partial charge in [0.2, 0.25) is 0 Å². The second-order valence-electron chi connectivity index (χ2n) is 6.81. The maximum absolute atomic E-state index is 6.03. The van der Waals surface area contributed by atoms with Crippen molar-refractivity contribution in [1.29, 1.82) is 0 Å². The largest absolute Gasteiger partial charge is 0.369 e. The van der Waals surface area contributed by atoms with E-state index in [2.05, 4.69) is 36.9 Å². The molecule has 0 N–H and O–H groups in total. The van der Waals surface area contributed by atoms with Crippen LogP contribution >= 0.6 is 0 Å². The van der Waals surface area contributed by atoms with Crippen molar-refractivity contribution in [3.8, 4) is 0 Å². The lowest BCUT2D eigenvalue weighted by molar-refractivity contribution is -0.0354. The van der Waals surface area contributed by atoms with Gasteiger partial charge in [-0.15, -0.1) is 0 Å². The summed E-state index contributed by atoms with van der Waals surface area (Å²) >= 11 is 0. The zero-order valence-corrected chi connectivity index (χ0v) is 14.8. The summed E-state index contributed by atoms with van der Waals surface area (Å²) in [5.74, 6) is 1.87. The van der Waals surface area contributed by atoms with E-state index in [4.69, 9.17) is 4.74 Å². The van der Waals surface area contributed by atoms with Crippen LogP contribution in [-0.2, 0) is 11.3 Å².